The molecule has 0 bridgehead atoms. The summed E-state index contributed by atoms with van der Waals surface area (Å²) >= 11 is 0. The van der Waals surface area contributed by atoms with E-state index in [1.165, 1.54) is 0 Å². The van der Waals surface area contributed by atoms with E-state index < -0.39 is 0 Å². The van der Waals surface area contributed by atoms with Crippen molar-refractivity contribution in [3.8, 4) is 0 Å². The molecule has 3 rings (SSSR count). The topological polar surface area (TPSA) is 61.4 Å². The van der Waals surface area contributed by atoms with Crippen LogP contribution in [0.1, 0.15) is 51.4 Å². The summed E-state index contributed by atoms with van der Waals surface area (Å²) in [5.41, 5.74) is 0. The summed E-state index contributed by atoms with van der Waals surface area (Å²) in [4.78, 5) is 27.4. The van der Waals surface area contributed by atoms with E-state index in [0.717, 1.165) is 77.5 Å². The summed E-state index contributed by atoms with van der Waals surface area (Å²) in [6.45, 7) is 3.68. The molecule has 3 aliphatic rings. The van der Waals surface area contributed by atoms with Crippen LogP contribution in [0, 0.1) is 11.8 Å². The number of carbonyl (C=O) groups is 2. The molecule has 1 aliphatic carbocycles. The Morgan fingerprint density at radius 2 is 1.64 bits per heavy atom. The first-order chi connectivity index (χ1) is 10.8. The van der Waals surface area contributed by atoms with Crippen molar-refractivity contribution in [3.05, 3.63) is 0 Å². The molecule has 2 heterocycles. The van der Waals surface area contributed by atoms with Crippen molar-refractivity contribution >= 4 is 11.8 Å². The average molecular weight is 307 g/mol. The lowest BCUT2D eigenvalue weighted by atomic mass is 9.77. The standard InChI is InChI=1S/C17H29N3O2/c21-16(19-13-6-5-9-18-12-13)14-7-1-2-8-15(14)17(22)20-10-3-4-11-20/h13-15,18H,1-12H2,(H,19,21)/t13-,14?,15?/m0/s1. The second-order valence-corrected chi connectivity index (χ2v) is 7.08. The fraction of sp³-hybridized carbons (Fsp3) is 0.882. The molecule has 0 aromatic carbocycles. The SMILES string of the molecule is O=C(N[C@H]1CCCNC1)C1CCCCC1C(=O)N1CCCC1. The number of rotatable bonds is 3. The van der Waals surface area contributed by atoms with E-state index in [9.17, 15) is 9.59 Å². The molecule has 0 radical (unpaired) electrons. The normalized spacial score (nSPS) is 32.7. The molecule has 22 heavy (non-hydrogen) atoms. The lowest BCUT2D eigenvalue weighted by molar-refractivity contribution is -0.143. The number of hydrogen-bond acceptors (Lipinski definition) is 3. The number of carbonyl (C=O) groups excluding carboxylic acids is 2. The third-order valence-electron chi connectivity index (χ3n) is 5.48. The predicted octanol–water partition coefficient (Wildman–Crippen LogP) is 1.28. The Morgan fingerprint density at radius 3 is 2.32 bits per heavy atom. The smallest absolute Gasteiger partial charge is 0.226 e. The van der Waals surface area contributed by atoms with Crippen LogP contribution in [0.25, 0.3) is 0 Å². The highest BCUT2D eigenvalue weighted by molar-refractivity contribution is 5.88. The second-order valence-electron chi connectivity index (χ2n) is 7.08. The summed E-state index contributed by atoms with van der Waals surface area (Å²) in [5, 5.41) is 6.52. The average Bonchev–Trinajstić information content (AvgIpc) is 3.09. The lowest BCUT2D eigenvalue weighted by Gasteiger charge is -2.34. The van der Waals surface area contributed by atoms with Crippen molar-refractivity contribution in [3.63, 3.8) is 0 Å². The minimum Gasteiger partial charge on any atom is -0.352 e. The first-order valence-corrected chi connectivity index (χ1v) is 9.05. The van der Waals surface area contributed by atoms with Gasteiger partial charge in [0.15, 0.2) is 0 Å². The summed E-state index contributed by atoms with van der Waals surface area (Å²) in [6.07, 6.45) is 8.31. The van der Waals surface area contributed by atoms with Gasteiger partial charge in [0, 0.05) is 37.5 Å². The quantitative estimate of drug-likeness (QED) is 0.826. The van der Waals surface area contributed by atoms with Crippen LogP contribution in [0.4, 0.5) is 0 Å². The van der Waals surface area contributed by atoms with E-state index in [0.29, 0.717) is 0 Å². The Hall–Kier alpha value is -1.10. The first-order valence-electron chi connectivity index (χ1n) is 9.05. The Bertz CT molecular complexity index is 401. The Kier molecular flexibility index (Phi) is 5.34. The van der Waals surface area contributed by atoms with E-state index in [4.69, 9.17) is 0 Å². The number of piperidine rings is 1. The van der Waals surface area contributed by atoms with Crippen molar-refractivity contribution in [1.29, 1.82) is 0 Å². The number of likely N-dealkylation sites (tertiary alicyclic amines) is 1. The van der Waals surface area contributed by atoms with Gasteiger partial charge in [-0.15, -0.1) is 0 Å². The van der Waals surface area contributed by atoms with Gasteiger partial charge in [0.05, 0.1) is 0 Å². The van der Waals surface area contributed by atoms with Gasteiger partial charge in [0.1, 0.15) is 0 Å². The third kappa shape index (κ3) is 3.62. The highest BCUT2D eigenvalue weighted by Gasteiger charge is 2.38. The molecule has 2 aliphatic heterocycles. The fourth-order valence-corrected chi connectivity index (χ4v) is 4.20. The summed E-state index contributed by atoms with van der Waals surface area (Å²) in [6, 6.07) is 0.241. The Morgan fingerprint density at radius 1 is 0.909 bits per heavy atom. The molecule has 3 fully saturated rings. The van der Waals surface area contributed by atoms with Gasteiger partial charge >= 0.3 is 0 Å². The maximum absolute atomic E-state index is 12.7. The number of nitrogens with zero attached hydrogens (tertiary/aromatic N) is 1. The monoisotopic (exact) mass is 307 g/mol. The molecular weight excluding hydrogens is 278 g/mol. The van der Waals surface area contributed by atoms with Crippen LogP contribution < -0.4 is 10.6 Å². The third-order valence-corrected chi connectivity index (χ3v) is 5.48. The predicted molar refractivity (Wildman–Crippen MR) is 85.3 cm³/mol. The van der Waals surface area contributed by atoms with E-state index in [1.807, 2.05) is 4.90 Å². The van der Waals surface area contributed by atoms with Crippen molar-refractivity contribution in [2.75, 3.05) is 26.2 Å². The van der Waals surface area contributed by atoms with Crippen molar-refractivity contribution in [2.24, 2.45) is 11.8 Å². The first kappa shape index (κ1) is 15.8. The lowest BCUT2D eigenvalue weighted by Crippen LogP contribution is -2.50. The Balaban J connectivity index is 1.60. The molecule has 2 saturated heterocycles. The minimum absolute atomic E-state index is 0.0802. The van der Waals surface area contributed by atoms with Crippen LogP contribution in [-0.2, 0) is 9.59 Å². The van der Waals surface area contributed by atoms with Gasteiger partial charge in [-0.2, -0.15) is 0 Å². The molecule has 2 unspecified atom stereocenters. The number of amides is 2. The van der Waals surface area contributed by atoms with Crippen molar-refractivity contribution < 1.29 is 9.59 Å². The molecule has 2 N–H and O–H groups in total. The largest absolute Gasteiger partial charge is 0.352 e. The number of hydrogen-bond donors (Lipinski definition) is 2. The van der Waals surface area contributed by atoms with Crippen LogP contribution in [0.2, 0.25) is 0 Å². The molecule has 0 aromatic heterocycles. The fourth-order valence-electron chi connectivity index (χ4n) is 4.20. The van der Waals surface area contributed by atoms with Crippen molar-refractivity contribution in [1.82, 2.24) is 15.5 Å². The molecule has 5 nitrogen and oxygen atoms in total. The zero-order valence-electron chi connectivity index (χ0n) is 13.5. The van der Waals surface area contributed by atoms with E-state index in [-0.39, 0.29) is 29.7 Å². The maximum Gasteiger partial charge on any atom is 0.226 e. The molecule has 0 spiro atoms. The maximum atomic E-state index is 12.7. The summed E-state index contributed by atoms with van der Waals surface area (Å²) in [5.74, 6) is 0.164. The highest BCUT2D eigenvalue weighted by Crippen LogP contribution is 2.32. The van der Waals surface area contributed by atoms with Gasteiger partial charge in [-0.1, -0.05) is 12.8 Å². The molecule has 3 atom stereocenters. The molecule has 1 saturated carbocycles. The van der Waals surface area contributed by atoms with Gasteiger partial charge < -0.3 is 15.5 Å². The van der Waals surface area contributed by atoms with Crippen LogP contribution in [0.15, 0.2) is 0 Å². The summed E-state index contributed by atoms with van der Waals surface area (Å²) < 4.78 is 0. The van der Waals surface area contributed by atoms with Gasteiger partial charge in [-0.05, 0) is 45.1 Å². The molecule has 124 valence electrons. The van der Waals surface area contributed by atoms with Crippen LogP contribution in [0.5, 0.6) is 0 Å². The molecule has 2 amide bonds. The van der Waals surface area contributed by atoms with Crippen LogP contribution in [-0.4, -0.2) is 48.9 Å². The zero-order valence-corrected chi connectivity index (χ0v) is 13.5. The van der Waals surface area contributed by atoms with Crippen LogP contribution in [0.3, 0.4) is 0 Å². The summed E-state index contributed by atoms with van der Waals surface area (Å²) in [7, 11) is 0. The van der Waals surface area contributed by atoms with Gasteiger partial charge in [-0.3, -0.25) is 9.59 Å². The van der Waals surface area contributed by atoms with Crippen molar-refractivity contribution in [2.45, 2.75) is 57.4 Å². The van der Waals surface area contributed by atoms with Gasteiger partial charge in [0.2, 0.25) is 11.8 Å². The highest BCUT2D eigenvalue weighted by atomic mass is 16.2. The molecule has 5 heteroatoms. The zero-order chi connectivity index (χ0) is 15.4. The van der Waals surface area contributed by atoms with E-state index in [2.05, 4.69) is 10.6 Å². The van der Waals surface area contributed by atoms with E-state index in [1.54, 1.807) is 0 Å². The molecular formula is C17H29N3O2. The van der Waals surface area contributed by atoms with Crippen LogP contribution >= 0.6 is 0 Å². The number of nitrogens with one attached hydrogen (secondary N) is 2. The van der Waals surface area contributed by atoms with Gasteiger partial charge in [0.25, 0.3) is 0 Å². The van der Waals surface area contributed by atoms with E-state index >= 15 is 0 Å². The second kappa shape index (κ2) is 7.44. The van der Waals surface area contributed by atoms with Gasteiger partial charge in [-0.25, -0.2) is 0 Å². The Labute approximate surface area is 133 Å². The minimum atomic E-state index is -0.108. The molecule has 0 aromatic rings.